The van der Waals surface area contributed by atoms with Crippen molar-refractivity contribution < 1.29 is 0 Å². The van der Waals surface area contributed by atoms with Gasteiger partial charge in [0, 0.05) is 0 Å². The minimum atomic E-state index is 1.33. The highest BCUT2D eigenvalue weighted by Gasteiger charge is 2.26. The average molecular weight is 156 g/mol. The molecule has 0 fully saturated rings. The van der Waals surface area contributed by atoms with Crippen LogP contribution < -0.4 is 0 Å². The lowest BCUT2D eigenvalue weighted by atomic mass is 9.73. The zero-order valence-corrected chi connectivity index (χ0v) is 7.14. The number of fused-ring (bicyclic) bond motifs is 3. The van der Waals surface area contributed by atoms with E-state index in [0.717, 1.165) is 0 Å². The molecule has 0 atom stereocenters. The second-order valence-corrected chi connectivity index (χ2v) is 3.71. The summed E-state index contributed by atoms with van der Waals surface area (Å²) in [6, 6.07) is 8.83. The van der Waals surface area contributed by atoms with Gasteiger partial charge in [0.2, 0.25) is 0 Å². The zero-order valence-electron chi connectivity index (χ0n) is 7.14. The van der Waals surface area contributed by atoms with Gasteiger partial charge in [0.1, 0.15) is 0 Å². The van der Waals surface area contributed by atoms with Crippen molar-refractivity contribution in [2.75, 3.05) is 0 Å². The topological polar surface area (TPSA) is 0 Å². The van der Waals surface area contributed by atoms with E-state index in [1.807, 2.05) is 0 Å². The molecule has 12 heavy (non-hydrogen) atoms. The Bertz CT molecular complexity index is 323. The highest BCUT2D eigenvalue weighted by atomic mass is 14.3. The summed E-state index contributed by atoms with van der Waals surface area (Å²) in [5.74, 6) is 0. The van der Waals surface area contributed by atoms with Gasteiger partial charge in [-0.1, -0.05) is 24.3 Å². The second kappa shape index (κ2) is 2.22. The summed E-state index contributed by atoms with van der Waals surface area (Å²) in [7, 11) is 0. The minimum Gasteiger partial charge on any atom is -0.0616 e. The Hall–Kier alpha value is -1.04. The highest BCUT2D eigenvalue weighted by Crippen LogP contribution is 2.48. The van der Waals surface area contributed by atoms with Crippen LogP contribution in [0.4, 0.5) is 0 Å². The Labute approximate surface area is 72.9 Å². The van der Waals surface area contributed by atoms with Gasteiger partial charge in [0.25, 0.3) is 0 Å². The lowest BCUT2D eigenvalue weighted by Crippen LogP contribution is -2.10. The van der Waals surface area contributed by atoms with E-state index >= 15 is 0 Å². The minimum absolute atomic E-state index is 1.33. The number of hydrogen-bond donors (Lipinski definition) is 0. The van der Waals surface area contributed by atoms with E-state index < -0.39 is 0 Å². The van der Waals surface area contributed by atoms with Gasteiger partial charge >= 0.3 is 0 Å². The van der Waals surface area contributed by atoms with E-state index in [-0.39, 0.29) is 0 Å². The van der Waals surface area contributed by atoms with E-state index in [4.69, 9.17) is 0 Å². The predicted molar refractivity (Wildman–Crippen MR) is 51.7 cm³/mol. The Balaban J connectivity index is 2.13. The second-order valence-electron chi connectivity index (χ2n) is 3.71. The molecule has 0 saturated carbocycles. The fraction of sp³-hybridized carbons (Fsp3) is 0.333. The van der Waals surface area contributed by atoms with Crippen molar-refractivity contribution in [1.29, 1.82) is 0 Å². The SMILES string of the molecule is c1ccc2c(c1)C1=C2CCCC1. The van der Waals surface area contributed by atoms with Crippen LogP contribution in [-0.4, -0.2) is 0 Å². The summed E-state index contributed by atoms with van der Waals surface area (Å²) in [5.41, 5.74) is 6.40. The standard InChI is InChI=1S/C12H12/c1-2-6-10-9(5-1)11-7-3-4-8-12(10)11/h1-2,5-6H,3-4,7-8H2. The molecular weight excluding hydrogens is 144 g/mol. The van der Waals surface area contributed by atoms with Crippen LogP contribution in [0, 0.1) is 0 Å². The molecule has 0 saturated heterocycles. The van der Waals surface area contributed by atoms with Gasteiger partial charge in [-0.3, -0.25) is 0 Å². The zero-order chi connectivity index (χ0) is 7.97. The first-order valence-corrected chi connectivity index (χ1v) is 4.78. The lowest BCUT2D eigenvalue weighted by Gasteiger charge is -2.31. The summed E-state index contributed by atoms with van der Waals surface area (Å²) < 4.78 is 0. The molecule has 1 aromatic rings. The lowest BCUT2D eigenvalue weighted by molar-refractivity contribution is 0.744. The van der Waals surface area contributed by atoms with Crippen LogP contribution in [-0.2, 0) is 0 Å². The van der Waals surface area contributed by atoms with Crippen molar-refractivity contribution in [2.24, 2.45) is 0 Å². The van der Waals surface area contributed by atoms with Crippen molar-refractivity contribution in [3.63, 3.8) is 0 Å². The molecular formula is C12H12. The molecule has 0 spiro atoms. The molecule has 0 aliphatic heterocycles. The Morgan fingerprint density at radius 3 is 1.75 bits per heavy atom. The van der Waals surface area contributed by atoms with Crippen molar-refractivity contribution >= 4 is 11.1 Å². The maximum atomic E-state index is 2.26. The normalized spacial score (nSPS) is 19.7. The van der Waals surface area contributed by atoms with E-state index in [1.165, 1.54) is 36.8 Å². The van der Waals surface area contributed by atoms with Gasteiger partial charge in [-0.2, -0.15) is 0 Å². The molecule has 2 aliphatic carbocycles. The molecule has 0 heterocycles. The van der Waals surface area contributed by atoms with Crippen molar-refractivity contribution in [2.45, 2.75) is 25.7 Å². The van der Waals surface area contributed by atoms with Crippen LogP contribution in [0.3, 0.4) is 0 Å². The summed E-state index contributed by atoms with van der Waals surface area (Å²) in [4.78, 5) is 0. The predicted octanol–water partition coefficient (Wildman–Crippen LogP) is 3.48. The van der Waals surface area contributed by atoms with Crippen molar-refractivity contribution in [3.8, 4) is 0 Å². The third-order valence-electron chi connectivity index (χ3n) is 3.05. The first kappa shape index (κ1) is 6.47. The molecule has 60 valence electrons. The molecule has 0 N–H and O–H groups in total. The maximum absolute atomic E-state index is 2.26. The summed E-state index contributed by atoms with van der Waals surface area (Å²) in [6.45, 7) is 0. The van der Waals surface area contributed by atoms with E-state index in [1.54, 1.807) is 11.1 Å². The third-order valence-corrected chi connectivity index (χ3v) is 3.05. The van der Waals surface area contributed by atoms with E-state index in [2.05, 4.69) is 24.3 Å². The number of allylic oxidation sites excluding steroid dienone is 2. The molecule has 0 aromatic heterocycles. The Kier molecular flexibility index (Phi) is 1.20. The molecule has 0 nitrogen and oxygen atoms in total. The number of hydrogen-bond acceptors (Lipinski definition) is 0. The third kappa shape index (κ3) is 0.677. The fourth-order valence-corrected chi connectivity index (χ4v) is 2.45. The van der Waals surface area contributed by atoms with Crippen LogP contribution in [0.5, 0.6) is 0 Å². The van der Waals surface area contributed by atoms with Gasteiger partial charge in [0.05, 0.1) is 0 Å². The molecule has 0 unspecified atom stereocenters. The van der Waals surface area contributed by atoms with Crippen molar-refractivity contribution in [3.05, 3.63) is 35.4 Å². The number of benzene rings is 1. The molecule has 0 bridgehead atoms. The number of rotatable bonds is 0. The van der Waals surface area contributed by atoms with E-state index in [0.29, 0.717) is 0 Å². The van der Waals surface area contributed by atoms with Crippen molar-refractivity contribution in [1.82, 2.24) is 0 Å². The van der Waals surface area contributed by atoms with Gasteiger partial charge in [-0.25, -0.2) is 0 Å². The first-order valence-electron chi connectivity index (χ1n) is 4.78. The monoisotopic (exact) mass is 156 g/mol. The van der Waals surface area contributed by atoms with Gasteiger partial charge in [-0.15, -0.1) is 0 Å². The molecule has 2 aliphatic rings. The first-order chi connectivity index (χ1) is 5.97. The van der Waals surface area contributed by atoms with Gasteiger partial charge in [0.15, 0.2) is 0 Å². The quantitative estimate of drug-likeness (QED) is 0.539. The molecule has 0 amide bonds. The van der Waals surface area contributed by atoms with Crippen LogP contribution in [0.25, 0.3) is 11.1 Å². The maximum Gasteiger partial charge on any atom is -0.0146 e. The molecule has 0 radical (unpaired) electrons. The molecule has 0 heteroatoms. The molecule has 1 aromatic carbocycles. The summed E-state index contributed by atoms with van der Waals surface area (Å²) >= 11 is 0. The van der Waals surface area contributed by atoms with Crippen LogP contribution in [0.1, 0.15) is 36.8 Å². The Morgan fingerprint density at radius 2 is 1.25 bits per heavy atom. The van der Waals surface area contributed by atoms with Crippen LogP contribution >= 0.6 is 0 Å². The van der Waals surface area contributed by atoms with Crippen LogP contribution in [0.2, 0.25) is 0 Å². The Morgan fingerprint density at radius 1 is 0.750 bits per heavy atom. The summed E-state index contributed by atoms with van der Waals surface area (Å²) in [5, 5.41) is 0. The largest absolute Gasteiger partial charge is 0.0616 e. The van der Waals surface area contributed by atoms with E-state index in [9.17, 15) is 0 Å². The van der Waals surface area contributed by atoms with Crippen LogP contribution in [0.15, 0.2) is 24.3 Å². The average Bonchev–Trinajstić information content (AvgIpc) is 2.14. The summed E-state index contributed by atoms with van der Waals surface area (Å²) in [6.07, 6.45) is 5.44. The molecule has 3 rings (SSSR count). The highest BCUT2D eigenvalue weighted by molar-refractivity contribution is 6.04. The van der Waals surface area contributed by atoms with Gasteiger partial charge in [-0.05, 0) is 48.0 Å². The smallest absolute Gasteiger partial charge is 0.0146 e. The van der Waals surface area contributed by atoms with Gasteiger partial charge < -0.3 is 0 Å². The fourth-order valence-electron chi connectivity index (χ4n) is 2.45.